The van der Waals surface area contributed by atoms with Gasteiger partial charge in [0, 0.05) is 11.3 Å². The zero-order valence-electron chi connectivity index (χ0n) is 15.2. The number of carbonyl (C=O) groups excluding carboxylic acids is 1. The third-order valence-electron chi connectivity index (χ3n) is 4.65. The van der Waals surface area contributed by atoms with Crippen molar-refractivity contribution in [3.63, 3.8) is 0 Å². The van der Waals surface area contributed by atoms with E-state index in [1.807, 2.05) is 31.2 Å². The van der Waals surface area contributed by atoms with E-state index in [1.165, 1.54) is 0 Å². The molecule has 8 heteroatoms. The summed E-state index contributed by atoms with van der Waals surface area (Å²) in [6, 6.07) is 12.6. The quantitative estimate of drug-likeness (QED) is 0.668. The second-order valence-electron chi connectivity index (χ2n) is 6.68. The minimum atomic E-state index is -0.561. The third kappa shape index (κ3) is 3.15. The van der Waals surface area contributed by atoms with E-state index in [0.717, 1.165) is 16.7 Å². The average molecular weight is 414 g/mol. The number of benzene rings is 2. The summed E-state index contributed by atoms with van der Waals surface area (Å²) in [5.74, 6) is 0.532. The lowest BCUT2D eigenvalue weighted by molar-refractivity contribution is -0.115. The van der Waals surface area contributed by atoms with E-state index in [-0.39, 0.29) is 0 Å². The fraction of sp³-hybridized carbons (Fsp3) is 0.150. The minimum Gasteiger partial charge on any atom is -0.366 e. The highest BCUT2D eigenvalue weighted by Gasteiger charge is 2.33. The Hall–Kier alpha value is -2.83. The Morgan fingerprint density at radius 2 is 1.93 bits per heavy atom. The van der Waals surface area contributed by atoms with Crippen molar-refractivity contribution in [1.82, 2.24) is 14.8 Å². The highest BCUT2D eigenvalue weighted by molar-refractivity contribution is 6.42. The molecule has 1 aliphatic rings. The topological polar surface area (TPSA) is 85.8 Å². The van der Waals surface area contributed by atoms with Gasteiger partial charge in [-0.05, 0) is 37.6 Å². The summed E-state index contributed by atoms with van der Waals surface area (Å²) in [6.45, 7) is 3.79. The average Bonchev–Trinajstić information content (AvgIpc) is 3.06. The summed E-state index contributed by atoms with van der Waals surface area (Å²) in [4.78, 5) is 16.9. The summed E-state index contributed by atoms with van der Waals surface area (Å²) in [7, 11) is 0. The number of amides is 1. The molecule has 1 atom stereocenters. The number of halogens is 2. The van der Waals surface area contributed by atoms with Crippen molar-refractivity contribution in [1.29, 1.82) is 0 Å². The van der Waals surface area contributed by atoms with E-state index in [1.54, 1.807) is 29.8 Å². The number of nitrogens with two attached hydrogens (primary N) is 1. The second kappa shape index (κ2) is 6.96. The van der Waals surface area contributed by atoms with Crippen molar-refractivity contribution in [3.05, 3.63) is 74.9 Å². The molecule has 2 aromatic carbocycles. The molecule has 1 unspecified atom stereocenters. The highest BCUT2D eigenvalue weighted by atomic mass is 35.5. The minimum absolute atomic E-state index is 0.389. The molecule has 4 rings (SSSR count). The van der Waals surface area contributed by atoms with Crippen molar-refractivity contribution < 1.29 is 4.79 Å². The molecule has 0 bridgehead atoms. The van der Waals surface area contributed by atoms with Gasteiger partial charge in [0.25, 0.3) is 0 Å². The lowest BCUT2D eigenvalue weighted by atomic mass is 9.95. The van der Waals surface area contributed by atoms with Gasteiger partial charge in [-0.2, -0.15) is 4.98 Å². The lowest BCUT2D eigenvalue weighted by Crippen LogP contribution is -2.31. The Labute approximate surface area is 172 Å². The Balaban J connectivity index is 1.90. The summed E-state index contributed by atoms with van der Waals surface area (Å²) in [6.07, 6.45) is 0. The van der Waals surface area contributed by atoms with Crippen LogP contribution in [0.3, 0.4) is 0 Å². The molecule has 28 heavy (non-hydrogen) atoms. The lowest BCUT2D eigenvalue weighted by Gasteiger charge is -2.27. The van der Waals surface area contributed by atoms with Crippen LogP contribution in [0.15, 0.2) is 53.7 Å². The maximum atomic E-state index is 12.2. The van der Waals surface area contributed by atoms with Crippen molar-refractivity contribution in [2.24, 2.45) is 5.73 Å². The highest BCUT2D eigenvalue weighted by Crippen LogP contribution is 2.37. The number of hydrogen-bond donors (Lipinski definition) is 2. The first-order chi connectivity index (χ1) is 13.3. The van der Waals surface area contributed by atoms with Crippen molar-refractivity contribution >= 4 is 35.1 Å². The molecular formula is C20H17Cl2N5O. The molecule has 6 nitrogen and oxygen atoms in total. The molecular weight excluding hydrogens is 397 g/mol. The van der Waals surface area contributed by atoms with Gasteiger partial charge in [0.05, 0.1) is 15.6 Å². The zero-order chi connectivity index (χ0) is 20.0. The number of nitrogens with one attached hydrogen (secondary N) is 1. The first-order valence-electron chi connectivity index (χ1n) is 8.61. The summed E-state index contributed by atoms with van der Waals surface area (Å²) in [5, 5.41) is 8.61. The normalized spacial score (nSPS) is 15.9. The fourth-order valence-corrected chi connectivity index (χ4v) is 3.67. The molecule has 0 fully saturated rings. The summed E-state index contributed by atoms with van der Waals surface area (Å²) in [5.41, 5.74) is 9.44. The largest absolute Gasteiger partial charge is 0.366 e. The van der Waals surface area contributed by atoms with Gasteiger partial charge < -0.3 is 11.1 Å². The molecule has 1 aromatic heterocycles. The van der Waals surface area contributed by atoms with Crippen LogP contribution in [0.4, 0.5) is 5.95 Å². The predicted octanol–water partition coefficient (Wildman–Crippen LogP) is 4.33. The molecule has 0 saturated carbocycles. The Kier molecular flexibility index (Phi) is 4.61. The van der Waals surface area contributed by atoms with Gasteiger partial charge >= 0.3 is 0 Å². The molecule has 142 valence electrons. The Morgan fingerprint density at radius 3 is 2.61 bits per heavy atom. The second-order valence-corrected chi connectivity index (χ2v) is 7.49. The van der Waals surface area contributed by atoms with E-state index in [0.29, 0.717) is 33.1 Å². The third-order valence-corrected chi connectivity index (χ3v) is 5.39. The predicted molar refractivity (Wildman–Crippen MR) is 110 cm³/mol. The molecule has 1 aliphatic heterocycles. The van der Waals surface area contributed by atoms with Crippen LogP contribution < -0.4 is 11.1 Å². The number of aromatic nitrogens is 3. The maximum Gasteiger partial charge on any atom is 0.248 e. The van der Waals surface area contributed by atoms with Crippen LogP contribution in [-0.4, -0.2) is 20.7 Å². The van der Waals surface area contributed by atoms with Crippen LogP contribution in [0.2, 0.25) is 10.0 Å². The van der Waals surface area contributed by atoms with E-state index < -0.39 is 11.9 Å². The van der Waals surface area contributed by atoms with Gasteiger partial charge in [0.15, 0.2) is 5.82 Å². The first-order valence-corrected chi connectivity index (χ1v) is 9.37. The molecule has 3 aromatic rings. The molecule has 0 radical (unpaired) electrons. The van der Waals surface area contributed by atoms with Gasteiger partial charge in [0.1, 0.15) is 6.04 Å². The van der Waals surface area contributed by atoms with Crippen molar-refractivity contribution in [3.8, 4) is 11.4 Å². The number of fused-ring (bicyclic) bond motifs is 1. The molecule has 2 heterocycles. The van der Waals surface area contributed by atoms with Crippen LogP contribution in [0, 0.1) is 6.92 Å². The van der Waals surface area contributed by atoms with Gasteiger partial charge in [-0.3, -0.25) is 4.79 Å². The smallest absolute Gasteiger partial charge is 0.248 e. The number of hydrogen-bond acceptors (Lipinski definition) is 4. The first kappa shape index (κ1) is 18.5. The molecule has 0 saturated heterocycles. The number of carbonyl (C=O) groups is 1. The molecule has 0 spiro atoms. The van der Waals surface area contributed by atoms with Crippen LogP contribution in [-0.2, 0) is 4.79 Å². The number of anilines is 1. The summed E-state index contributed by atoms with van der Waals surface area (Å²) >= 11 is 12.3. The van der Waals surface area contributed by atoms with Gasteiger partial charge in [0.2, 0.25) is 11.9 Å². The van der Waals surface area contributed by atoms with E-state index in [2.05, 4.69) is 15.4 Å². The van der Waals surface area contributed by atoms with E-state index in [9.17, 15) is 4.79 Å². The van der Waals surface area contributed by atoms with Crippen LogP contribution in [0.5, 0.6) is 0 Å². The SMILES string of the molecule is CC1=C(C(N)=O)C(c2ccc(Cl)c(Cl)c2)n2nc(-c3cccc(C)c3)nc2N1. The number of rotatable bonds is 3. The zero-order valence-corrected chi connectivity index (χ0v) is 16.7. The monoisotopic (exact) mass is 413 g/mol. The molecule has 0 aliphatic carbocycles. The molecule has 3 N–H and O–H groups in total. The number of aryl methyl sites for hydroxylation is 1. The van der Waals surface area contributed by atoms with Gasteiger partial charge in [-0.1, -0.05) is 53.0 Å². The van der Waals surface area contributed by atoms with Crippen molar-refractivity contribution in [2.75, 3.05) is 5.32 Å². The fourth-order valence-electron chi connectivity index (χ4n) is 3.37. The van der Waals surface area contributed by atoms with Gasteiger partial charge in [-0.25, -0.2) is 4.68 Å². The van der Waals surface area contributed by atoms with Crippen LogP contribution >= 0.6 is 23.2 Å². The number of nitrogens with zero attached hydrogens (tertiary/aromatic N) is 3. The maximum absolute atomic E-state index is 12.2. The summed E-state index contributed by atoms with van der Waals surface area (Å²) < 4.78 is 1.66. The van der Waals surface area contributed by atoms with E-state index in [4.69, 9.17) is 28.9 Å². The van der Waals surface area contributed by atoms with Crippen LogP contribution in [0.25, 0.3) is 11.4 Å². The van der Waals surface area contributed by atoms with Crippen LogP contribution in [0.1, 0.15) is 24.1 Å². The van der Waals surface area contributed by atoms with E-state index >= 15 is 0 Å². The van der Waals surface area contributed by atoms with Gasteiger partial charge in [-0.15, -0.1) is 5.10 Å². The standard InChI is InChI=1S/C20H17Cl2N5O/c1-10-4-3-5-13(8-10)19-25-20-24-11(2)16(18(23)28)17(27(20)26-19)12-6-7-14(21)15(22)9-12/h3-9,17H,1-2H3,(H2,23,28)(H,24,25,26). The number of primary amides is 1. The van der Waals surface area contributed by atoms with Crippen molar-refractivity contribution in [2.45, 2.75) is 19.9 Å². The molecule has 1 amide bonds. The Bertz CT molecular complexity index is 1140. The number of allylic oxidation sites excluding steroid dienone is 1. The Morgan fingerprint density at radius 1 is 1.14 bits per heavy atom.